The van der Waals surface area contributed by atoms with Gasteiger partial charge in [-0.05, 0) is 37.5 Å². The van der Waals surface area contributed by atoms with Gasteiger partial charge in [-0.1, -0.05) is 6.07 Å². The lowest BCUT2D eigenvalue weighted by atomic mass is 10.2. The van der Waals surface area contributed by atoms with Crippen LogP contribution in [0.25, 0.3) is 0 Å². The van der Waals surface area contributed by atoms with Gasteiger partial charge in [0.2, 0.25) is 5.91 Å². The van der Waals surface area contributed by atoms with Gasteiger partial charge in [-0.25, -0.2) is 4.39 Å². The van der Waals surface area contributed by atoms with Crippen molar-refractivity contribution in [2.75, 3.05) is 0 Å². The van der Waals surface area contributed by atoms with E-state index in [-0.39, 0.29) is 17.7 Å². The minimum atomic E-state index is -0.649. The van der Waals surface area contributed by atoms with E-state index in [4.69, 9.17) is 5.11 Å². The Morgan fingerprint density at radius 1 is 1.56 bits per heavy atom. The molecule has 1 unspecified atom stereocenters. The maximum atomic E-state index is 13.1. The first-order valence-corrected chi connectivity index (χ1v) is 6.07. The first kappa shape index (κ1) is 12.8. The van der Waals surface area contributed by atoms with Crippen LogP contribution in [0, 0.1) is 5.82 Å². The molecule has 0 radical (unpaired) electrons. The molecule has 98 valence electrons. The smallest absolute Gasteiger partial charge is 0.237 e. The van der Waals surface area contributed by atoms with Gasteiger partial charge in [0.15, 0.2) is 11.6 Å². The Bertz CT molecular complexity index is 447. The molecule has 0 spiro atoms. The molecular weight excluding hydrogens is 235 g/mol. The molecule has 0 heterocycles. The topological polar surface area (TPSA) is 61.4 Å². The largest absolute Gasteiger partial charge is 0.505 e. The number of aromatic hydroxyl groups is 1. The Kier molecular flexibility index (Phi) is 3.81. The molecule has 0 aliphatic heterocycles. The highest BCUT2D eigenvalue weighted by molar-refractivity contribution is 5.81. The van der Waals surface area contributed by atoms with E-state index < -0.39 is 5.82 Å². The van der Waals surface area contributed by atoms with Gasteiger partial charge in [0.25, 0.3) is 0 Å². The average Bonchev–Trinajstić information content (AvgIpc) is 3.14. The molecule has 0 aromatic heterocycles. The number of carbonyl (C=O) groups excluding carboxylic acids is 1. The summed E-state index contributed by atoms with van der Waals surface area (Å²) in [6.45, 7) is 2.16. The van der Waals surface area contributed by atoms with E-state index in [9.17, 15) is 9.18 Å². The van der Waals surface area contributed by atoms with Crippen molar-refractivity contribution in [1.29, 1.82) is 0 Å². The number of rotatable bonds is 5. The number of amides is 1. The van der Waals surface area contributed by atoms with Crippen LogP contribution in [0.1, 0.15) is 25.3 Å². The molecule has 1 aromatic rings. The molecule has 5 heteroatoms. The number of benzene rings is 1. The number of hydrogen-bond acceptors (Lipinski definition) is 3. The zero-order chi connectivity index (χ0) is 13.1. The monoisotopic (exact) mass is 252 g/mol. The van der Waals surface area contributed by atoms with Crippen LogP contribution in [0.4, 0.5) is 4.39 Å². The summed E-state index contributed by atoms with van der Waals surface area (Å²) in [6.07, 6.45) is 2.11. The number of halogens is 1. The van der Waals surface area contributed by atoms with Crippen molar-refractivity contribution >= 4 is 5.91 Å². The fraction of sp³-hybridized carbons (Fsp3) is 0.462. The molecule has 1 saturated carbocycles. The first-order chi connectivity index (χ1) is 8.56. The highest BCUT2D eigenvalue weighted by Gasteiger charge is 2.25. The molecule has 0 bridgehead atoms. The quantitative estimate of drug-likeness (QED) is 0.740. The molecule has 1 aliphatic rings. The molecule has 1 aromatic carbocycles. The second-order valence-electron chi connectivity index (χ2n) is 4.67. The number of phenolic OH excluding ortho intramolecular Hbond substituents is 1. The molecule has 3 N–H and O–H groups in total. The fourth-order valence-electron chi connectivity index (χ4n) is 1.58. The molecule has 0 saturated heterocycles. The molecular formula is C13H17FN2O2. The normalized spacial score (nSPS) is 16.3. The molecule has 1 aliphatic carbocycles. The van der Waals surface area contributed by atoms with Gasteiger partial charge in [0, 0.05) is 12.6 Å². The average molecular weight is 252 g/mol. The van der Waals surface area contributed by atoms with Gasteiger partial charge in [-0.15, -0.1) is 0 Å². The van der Waals surface area contributed by atoms with Crippen LogP contribution in [0.2, 0.25) is 0 Å². The highest BCUT2D eigenvalue weighted by atomic mass is 19.1. The standard InChI is InChI=1S/C13H17FN2O2/c1-8(13(18)16-10-3-4-10)15-7-9-2-5-12(17)11(14)6-9/h2,5-6,8,10,15,17H,3-4,7H2,1H3,(H,16,18). The van der Waals surface area contributed by atoms with Crippen molar-refractivity contribution in [2.45, 2.75) is 38.4 Å². The summed E-state index contributed by atoms with van der Waals surface area (Å²) in [5.41, 5.74) is 0.691. The Hall–Kier alpha value is -1.62. The Morgan fingerprint density at radius 3 is 2.89 bits per heavy atom. The third-order valence-corrected chi connectivity index (χ3v) is 2.94. The summed E-state index contributed by atoms with van der Waals surface area (Å²) < 4.78 is 13.1. The molecule has 1 amide bonds. The number of hydrogen-bond donors (Lipinski definition) is 3. The van der Waals surface area contributed by atoms with Crippen molar-refractivity contribution in [2.24, 2.45) is 0 Å². The molecule has 18 heavy (non-hydrogen) atoms. The Morgan fingerprint density at radius 2 is 2.28 bits per heavy atom. The molecule has 2 rings (SSSR count). The van der Waals surface area contributed by atoms with E-state index >= 15 is 0 Å². The Labute approximate surface area is 105 Å². The van der Waals surface area contributed by atoms with Crippen LogP contribution in [0.3, 0.4) is 0 Å². The van der Waals surface area contributed by atoms with Crippen LogP contribution in [-0.4, -0.2) is 23.1 Å². The van der Waals surface area contributed by atoms with E-state index in [1.807, 2.05) is 0 Å². The van der Waals surface area contributed by atoms with E-state index in [2.05, 4.69) is 10.6 Å². The highest BCUT2D eigenvalue weighted by Crippen LogP contribution is 2.19. The predicted molar refractivity (Wildman–Crippen MR) is 65.5 cm³/mol. The first-order valence-electron chi connectivity index (χ1n) is 6.07. The van der Waals surface area contributed by atoms with Crippen LogP contribution >= 0.6 is 0 Å². The van der Waals surface area contributed by atoms with Gasteiger partial charge >= 0.3 is 0 Å². The van der Waals surface area contributed by atoms with Gasteiger partial charge in [-0.2, -0.15) is 0 Å². The molecule has 1 fully saturated rings. The number of carbonyl (C=O) groups is 1. The van der Waals surface area contributed by atoms with Crippen LogP contribution < -0.4 is 10.6 Å². The zero-order valence-electron chi connectivity index (χ0n) is 10.2. The second-order valence-corrected chi connectivity index (χ2v) is 4.67. The lowest BCUT2D eigenvalue weighted by Gasteiger charge is -2.13. The van der Waals surface area contributed by atoms with Crippen molar-refractivity contribution in [3.63, 3.8) is 0 Å². The lowest BCUT2D eigenvalue weighted by Crippen LogP contribution is -2.42. The summed E-state index contributed by atoms with van der Waals surface area (Å²) in [5.74, 6) is -1.04. The molecule has 4 nitrogen and oxygen atoms in total. The summed E-state index contributed by atoms with van der Waals surface area (Å²) in [4.78, 5) is 11.6. The van der Waals surface area contributed by atoms with E-state index in [0.29, 0.717) is 18.2 Å². The lowest BCUT2D eigenvalue weighted by molar-refractivity contribution is -0.122. The third-order valence-electron chi connectivity index (χ3n) is 2.94. The fourth-order valence-corrected chi connectivity index (χ4v) is 1.58. The van der Waals surface area contributed by atoms with Gasteiger partial charge in [-0.3, -0.25) is 4.79 Å². The SMILES string of the molecule is CC(NCc1ccc(O)c(F)c1)C(=O)NC1CC1. The van der Waals surface area contributed by atoms with Gasteiger partial charge in [0.1, 0.15) is 0 Å². The van der Waals surface area contributed by atoms with Gasteiger partial charge < -0.3 is 15.7 Å². The number of nitrogens with one attached hydrogen (secondary N) is 2. The summed E-state index contributed by atoms with van der Waals surface area (Å²) >= 11 is 0. The summed E-state index contributed by atoms with van der Waals surface area (Å²) in [7, 11) is 0. The second kappa shape index (κ2) is 5.35. The van der Waals surface area contributed by atoms with Crippen LogP contribution in [0.15, 0.2) is 18.2 Å². The maximum Gasteiger partial charge on any atom is 0.237 e. The third kappa shape index (κ3) is 3.43. The summed E-state index contributed by atoms with van der Waals surface area (Å²) in [6, 6.07) is 4.21. The predicted octanol–water partition coefficient (Wildman–Crippen LogP) is 1.29. The van der Waals surface area contributed by atoms with E-state index in [1.54, 1.807) is 13.0 Å². The van der Waals surface area contributed by atoms with E-state index in [1.165, 1.54) is 12.1 Å². The number of phenols is 1. The van der Waals surface area contributed by atoms with Crippen molar-refractivity contribution in [1.82, 2.24) is 10.6 Å². The van der Waals surface area contributed by atoms with Crippen LogP contribution in [-0.2, 0) is 11.3 Å². The van der Waals surface area contributed by atoms with Crippen molar-refractivity contribution in [3.8, 4) is 5.75 Å². The zero-order valence-corrected chi connectivity index (χ0v) is 10.2. The maximum absolute atomic E-state index is 13.1. The van der Waals surface area contributed by atoms with Gasteiger partial charge in [0.05, 0.1) is 6.04 Å². The van der Waals surface area contributed by atoms with E-state index in [0.717, 1.165) is 12.8 Å². The van der Waals surface area contributed by atoms with Crippen LogP contribution in [0.5, 0.6) is 5.75 Å². The summed E-state index contributed by atoms with van der Waals surface area (Å²) in [5, 5.41) is 15.0. The Balaban J connectivity index is 1.82. The minimum absolute atomic E-state index is 0.0308. The molecule has 1 atom stereocenters. The minimum Gasteiger partial charge on any atom is -0.505 e. The van der Waals surface area contributed by atoms with Crippen molar-refractivity contribution in [3.05, 3.63) is 29.6 Å². The van der Waals surface area contributed by atoms with Crippen molar-refractivity contribution < 1.29 is 14.3 Å².